The van der Waals surface area contributed by atoms with E-state index in [1.54, 1.807) is 11.3 Å². The van der Waals surface area contributed by atoms with Crippen molar-refractivity contribution in [3.8, 4) is 0 Å². The van der Waals surface area contributed by atoms with Crippen molar-refractivity contribution >= 4 is 23.3 Å². The number of esters is 1. The van der Waals surface area contributed by atoms with Crippen molar-refractivity contribution < 1.29 is 14.3 Å². The van der Waals surface area contributed by atoms with Crippen LogP contribution in [0.5, 0.6) is 0 Å². The molecule has 0 radical (unpaired) electrons. The van der Waals surface area contributed by atoms with Crippen molar-refractivity contribution in [3.63, 3.8) is 0 Å². The van der Waals surface area contributed by atoms with Gasteiger partial charge in [0, 0.05) is 11.4 Å². The second-order valence-corrected chi connectivity index (χ2v) is 8.81. The van der Waals surface area contributed by atoms with E-state index in [0.717, 1.165) is 51.5 Å². The number of urea groups is 1. The molecular formula is C21H32N2O3S. The quantitative estimate of drug-likeness (QED) is 0.715. The van der Waals surface area contributed by atoms with E-state index in [2.05, 4.69) is 22.8 Å². The van der Waals surface area contributed by atoms with Gasteiger partial charge in [0.15, 0.2) is 0 Å². The van der Waals surface area contributed by atoms with Gasteiger partial charge in [-0.3, -0.25) is 4.79 Å². The highest BCUT2D eigenvalue weighted by Crippen LogP contribution is 2.35. The molecule has 0 spiro atoms. The fraction of sp³-hybridized carbons (Fsp3) is 0.714. The summed E-state index contributed by atoms with van der Waals surface area (Å²) < 4.78 is 5.19. The molecule has 2 heterocycles. The summed E-state index contributed by atoms with van der Waals surface area (Å²) in [5.74, 6) is -0.203. The van der Waals surface area contributed by atoms with Crippen molar-refractivity contribution in [2.24, 2.45) is 0 Å². The molecule has 2 amide bonds. The summed E-state index contributed by atoms with van der Waals surface area (Å²) >= 11 is 1.73. The SMILES string of the molecule is CCOC(=O)CC1(NC(=O)N2CCCCCC2c2cccs2)CCCCC1. The zero-order chi connectivity index (χ0) is 19.1. The van der Waals surface area contributed by atoms with Gasteiger partial charge in [0.25, 0.3) is 0 Å². The second kappa shape index (κ2) is 9.58. The summed E-state index contributed by atoms with van der Waals surface area (Å²) in [4.78, 5) is 28.8. The van der Waals surface area contributed by atoms with Gasteiger partial charge in [-0.1, -0.05) is 38.2 Å². The Kier molecular flexibility index (Phi) is 7.16. The lowest BCUT2D eigenvalue weighted by Crippen LogP contribution is -2.55. The summed E-state index contributed by atoms with van der Waals surface area (Å²) in [7, 11) is 0. The molecular weight excluding hydrogens is 360 g/mol. The molecule has 1 aromatic rings. The van der Waals surface area contributed by atoms with Crippen molar-refractivity contribution in [3.05, 3.63) is 22.4 Å². The molecule has 2 fully saturated rings. The Labute approximate surface area is 166 Å². The Morgan fingerprint density at radius 2 is 2.00 bits per heavy atom. The Morgan fingerprint density at radius 3 is 2.70 bits per heavy atom. The normalized spacial score (nSPS) is 22.7. The summed E-state index contributed by atoms with van der Waals surface area (Å²) in [6, 6.07) is 4.33. The summed E-state index contributed by atoms with van der Waals surface area (Å²) in [6.07, 6.45) is 9.64. The maximum atomic E-state index is 13.3. The zero-order valence-electron chi connectivity index (χ0n) is 16.4. The van der Waals surface area contributed by atoms with E-state index in [1.807, 2.05) is 11.8 Å². The Hall–Kier alpha value is -1.56. The van der Waals surface area contributed by atoms with Gasteiger partial charge in [-0.15, -0.1) is 11.3 Å². The molecule has 1 atom stereocenters. The number of thiophene rings is 1. The molecule has 150 valence electrons. The van der Waals surface area contributed by atoms with Gasteiger partial charge in [-0.25, -0.2) is 4.79 Å². The van der Waals surface area contributed by atoms with Gasteiger partial charge >= 0.3 is 12.0 Å². The number of amides is 2. The lowest BCUT2D eigenvalue weighted by molar-refractivity contribution is -0.145. The first-order valence-electron chi connectivity index (χ1n) is 10.4. The van der Waals surface area contributed by atoms with Gasteiger partial charge < -0.3 is 15.0 Å². The maximum absolute atomic E-state index is 13.3. The molecule has 1 aliphatic heterocycles. The van der Waals surface area contributed by atoms with Crippen LogP contribution in [0.2, 0.25) is 0 Å². The van der Waals surface area contributed by atoms with Gasteiger partial charge in [0.1, 0.15) is 0 Å². The highest BCUT2D eigenvalue weighted by atomic mass is 32.1. The van der Waals surface area contributed by atoms with Crippen LogP contribution in [0.4, 0.5) is 4.79 Å². The van der Waals surface area contributed by atoms with Gasteiger partial charge in [0.2, 0.25) is 0 Å². The fourth-order valence-corrected chi connectivity index (χ4v) is 5.36. The van der Waals surface area contributed by atoms with Crippen molar-refractivity contribution in [2.75, 3.05) is 13.2 Å². The molecule has 1 unspecified atom stereocenters. The van der Waals surface area contributed by atoms with E-state index in [-0.39, 0.29) is 24.5 Å². The molecule has 1 N–H and O–H groups in total. The van der Waals surface area contributed by atoms with Crippen molar-refractivity contribution in [2.45, 2.75) is 82.7 Å². The zero-order valence-corrected chi connectivity index (χ0v) is 17.2. The Bertz CT molecular complexity index is 611. The molecule has 1 saturated carbocycles. The van der Waals surface area contributed by atoms with E-state index in [9.17, 15) is 9.59 Å². The highest BCUT2D eigenvalue weighted by Gasteiger charge is 2.39. The number of carbonyl (C=O) groups is 2. The third-order valence-corrected chi connectivity index (χ3v) is 6.83. The molecule has 1 aliphatic carbocycles. The lowest BCUT2D eigenvalue weighted by atomic mass is 9.79. The fourth-order valence-electron chi connectivity index (χ4n) is 4.49. The van der Waals surface area contributed by atoms with E-state index in [0.29, 0.717) is 6.61 Å². The van der Waals surface area contributed by atoms with E-state index >= 15 is 0 Å². The van der Waals surface area contributed by atoms with E-state index in [4.69, 9.17) is 4.74 Å². The van der Waals surface area contributed by atoms with Crippen LogP contribution in [0.1, 0.15) is 82.1 Å². The molecule has 0 aromatic carbocycles. The predicted molar refractivity (Wildman–Crippen MR) is 108 cm³/mol. The molecule has 5 nitrogen and oxygen atoms in total. The smallest absolute Gasteiger partial charge is 0.318 e. The number of nitrogens with zero attached hydrogens (tertiary/aromatic N) is 1. The average Bonchev–Trinajstić information content (AvgIpc) is 3.06. The second-order valence-electron chi connectivity index (χ2n) is 7.83. The molecule has 27 heavy (non-hydrogen) atoms. The number of nitrogens with one attached hydrogen (secondary N) is 1. The molecule has 2 aliphatic rings. The average molecular weight is 393 g/mol. The number of hydrogen-bond acceptors (Lipinski definition) is 4. The van der Waals surface area contributed by atoms with E-state index in [1.165, 1.54) is 17.7 Å². The van der Waals surface area contributed by atoms with Crippen LogP contribution in [0.3, 0.4) is 0 Å². The van der Waals surface area contributed by atoms with Crippen LogP contribution in [0, 0.1) is 0 Å². The summed E-state index contributed by atoms with van der Waals surface area (Å²) in [6.45, 7) is 2.99. The molecule has 0 bridgehead atoms. The maximum Gasteiger partial charge on any atom is 0.318 e. The monoisotopic (exact) mass is 392 g/mol. The third kappa shape index (κ3) is 5.24. The van der Waals surface area contributed by atoms with Crippen LogP contribution in [-0.4, -0.2) is 35.6 Å². The van der Waals surface area contributed by atoms with Crippen LogP contribution in [0.15, 0.2) is 17.5 Å². The van der Waals surface area contributed by atoms with Crippen LogP contribution < -0.4 is 5.32 Å². The summed E-state index contributed by atoms with van der Waals surface area (Å²) in [5, 5.41) is 5.38. The summed E-state index contributed by atoms with van der Waals surface area (Å²) in [5.41, 5.74) is -0.451. The highest BCUT2D eigenvalue weighted by molar-refractivity contribution is 7.10. The molecule has 1 saturated heterocycles. The molecule has 3 rings (SSSR count). The van der Waals surface area contributed by atoms with Gasteiger partial charge in [-0.05, 0) is 44.1 Å². The van der Waals surface area contributed by atoms with Crippen molar-refractivity contribution in [1.82, 2.24) is 10.2 Å². The number of ether oxygens (including phenoxy) is 1. The minimum atomic E-state index is -0.451. The van der Waals surface area contributed by atoms with Crippen LogP contribution in [0.25, 0.3) is 0 Å². The number of carbonyl (C=O) groups excluding carboxylic acids is 2. The standard InChI is InChI=1S/C21H32N2O3S/c1-2-26-19(24)16-21(12-6-4-7-13-21)22-20(25)23-14-8-3-5-10-17(23)18-11-9-15-27-18/h9,11,15,17H,2-8,10,12-14,16H2,1H3,(H,22,25). The van der Waals surface area contributed by atoms with Gasteiger partial charge in [0.05, 0.1) is 24.6 Å². The molecule has 6 heteroatoms. The van der Waals surface area contributed by atoms with Crippen LogP contribution >= 0.6 is 11.3 Å². The van der Waals surface area contributed by atoms with Gasteiger partial charge in [-0.2, -0.15) is 0 Å². The number of rotatable bonds is 5. The number of likely N-dealkylation sites (tertiary alicyclic amines) is 1. The first-order valence-corrected chi connectivity index (χ1v) is 11.3. The minimum absolute atomic E-state index is 0.0125. The first-order chi connectivity index (χ1) is 13.1. The van der Waals surface area contributed by atoms with Crippen molar-refractivity contribution in [1.29, 1.82) is 0 Å². The van der Waals surface area contributed by atoms with E-state index < -0.39 is 5.54 Å². The van der Waals surface area contributed by atoms with Crippen LogP contribution in [-0.2, 0) is 9.53 Å². The predicted octanol–water partition coefficient (Wildman–Crippen LogP) is 5.03. The minimum Gasteiger partial charge on any atom is -0.466 e. The number of hydrogen-bond donors (Lipinski definition) is 1. The Balaban J connectivity index is 1.75. The first kappa shape index (κ1) is 20.2. The lowest BCUT2D eigenvalue weighted by Gasteiger charge is -2.40. The molecule has 1 aromatic heterocycles. The Morgan fingerprint density at radius 1 is 1.22 bits per heavy atom. The topological polar surface area (TPSA) is 58.6 Å². The third-order valence-electron chi connectivity index (χ3n) is 5.86. The largest absolute Gasteiger partial charge is 0.466 e.